The maximum absolute atomic E-state index is 10.8. The average molecular weight is 767 g/mol. The lowest BCUT2D eigenvalue weighted by Crippen LogP contribution is -2.52. The topological polar surface area (TPSA) is 119 Å². The first-order valence-corrected chi connectivity index (χ1v) is 21.6. The van der Waals surface area contributed by atoms with Crippen LogP contribution < -0.4 is 0 Å². The van der Waals surface area contributed by atoms with E-state index in [0.717, 1.165) is 38.5 Å². The van der Waals surface area contributed by atoms with Crippen molar-refractivity contribution in [1.29, 1.82) is 0 Å². The van der Waals surface area contributed by atoms with Gasteiger partial charge in [0.2, 0.25) is 0 Å². The highest BCUT2D eigenvalue weighted by Gasteiger charge is 2.59. The minimum atomic E-state index is 0.0407. The maximum atomic E-state index is 10.8. The molecule has 0 aliphatic heterocycles. The number of nitrogens with zero attached hydrogens (tertiary/aromatic N) is 2. The second-order valence-electron chi connectivity index (χ2n) is 19.2. The van der Waals surface area contributed by atoms with Gasteiger partial charge in [0.1, 0.15) is 0 Å². The third kappa shape index (κ3) is 7.09. The predicted octanol–water partition coefficient (Wildman–Crippen LogP) is 8.98. The first kappa shape index (κ1) is 40.8. The molecule has 0 radical (unpaired) electrons. The van der Waals surface area contributed by atoms with E-state index >= 15 is 0 Å². The predicted molar refractivity (Wildman–Crippen MR) is 218 cm³/mol. The van der Waals surface area contributed by atoms with Crippen molar-refractivity contribution in [3.05, 3.63) is 72.3 Å². The number of aliphatic hydroxyl groups excluding tert-OH is 2. The lowest BCUT2D eigenvalue weighted by atomic mass is 9.46. The van der Waals surface area contributed by atoms with E-state index in [0.29, 0.717) is 73.5 Å². The number of pyridine rings is 2. The Hall–Kier alpha value is -3.36. The molecule has 6 aliphatic rings. The fraction of sp³-hybridized carbons (Fsp3) is 0.667. The lowest BCUT2D eigenvalue weighted by molar-refractivity contribution is -0.138. The smallest absolute Gasteiger partial charge is 0.293 e. The van der Waals surface area contributed by atoms with Crippen molar-refractivity contribution in [3.63, 3.8) is 0 Å². The van der Waals surface area contributed by atoms with Crippen molar-refractivity contribution in [2.75, 3.05) is 26.4 Å². The van der Waals surface area contributed by atoms with E-state index in [1.54, 1.807) is 0 Å². The molecule has 8 heteroatoms. The summed E-state index contributed by atoms with van der Waals surface area (Å²) in [4.78, 5) is 30.2. The van der Waals surface area contributed by atoms with E-state index in [1.807, 2.05) is 36.9 Å². The molecule has 8 nitrogen and oxygen atoms in total. The normalized spacial score (nSPS) is 39.6. The second kappa shape index (κ2) is 16.9. The molecule has 0 unspecified atom stereocenters. The van der Waals surface area contributed by atoms with Crippen LogP contribution in [0, 0.1) is 69.0 Å². The number of hydrogen-bond donors (Lipinski definition) is 2. The van der Waals surface area contributed by atoms with Crippen molar-refractivity contribution in [2.24, 2.45) is 69.0 Å². The summed E-state index contributed by atoms with van der Waals surface area (Å²) in [6.07, 6.45) is 25.9. The van der Waals surface area contributed by atoms with Crippen LogP contribution in [0.1, 0.15) is 116 Å². The van der Waals surface area contributed by atoms with E-state index in [4.69, 9.17) is 9.47 Å². The summed E-state index contributed by atoms with van der Waals surface area (Å²) in [5.41, 5.74) is 6.04. The summed E-state index contributed by atoms with van der Waals surface area (Å²) in [7, 11) is 0. The zero-order valence-corrected chi connectivity index (χ0v) is 34.3. The van der Waals surface area contributed by atoms with Gasteiger partial charge in [-0.1, -0.05) is 52.0 Å². The summed E-state index contributed by atoms with van der Waals surface area (Å²) in [6, 6.07) is 8.47. The number of ether oxygens (including phenoxy) is 2. The van der Waals surface area contributed by atoms with Gasteiger partial charge in [0, 0.05) is 38.0 Å². The third-order valence-corrected chi connectivity index (χ3v) is 17.3. The van der Waals surface area contributed by atoms with E-state index in [9.17, 15) is 19.8 Å². The van der Waals surface area contributed by atoms with Gasteiger partial charge in [0.25, 0.3) is 12.9 Å². The summed E-state index contributed by atoms with van der Waals surface area (Å²) in [6.45, 7) is 12.1. The largest absolute Gasteiger partial charge is 0.468 e. The Balaban J connectivity index is 0.000000172. The van der Waals surface area contributed by atoms with Gasteiger partial charge in [-0.3, -0.25) is 19.6 Å². The minimum absolute atomic E-state index is 0.0407. The molecule has 12 atom stereocenters. The molecule has 4 saturated carbocycles. The highest BCUT2D eigenvalue weighted by atomic mass is 16.5. The molecule has 0 spiro atoms. The van der Waals surface area contributed by atoms with Gasteiger partial charge in [0.05, 0.1) is 13.2 Å². The number of fused-ring (bicyclic) bond motifs is 6. The van der Waals surface area contributed by atoms with Crippen LogP contribution >= 0.6 is 0 Å². The molecule has 6 aliphatic carbocycles. The van der Waals surface area contributed by atoms with Crippen LogP contribution in [0.15, 0.2) is 61.2 Å². The van der Waals surface area contributed by atoms with Crippen LogP contribution in [0.25, 0.3) is 11.1 Å². The Morgan fingerprint density at radius 3 is 1.66 bits per heavy atom. The first-order valence-electron chi connectivity index (χ1n) is 21.6. The summed E-state index contributed by atoms with van der Waals surface area (Å²) >= 11 is 0. The summed E-state index contributed by atoms with van der Waals surface area (Å²) in [5, 5.41) is 19.9. The molecule has 2 aromatic heterocycles. The van der Waals surface area contributed by atoms with Gasteiger partial charge in [-0.2, -0.15) is 0 Å². The van der Waals surface area contributed by atoms with Gasteiger partial charge in [0.15, 0.2) is 0 Å². The Bertz CT molecular complexity index is 1630. The van der Waals surface area contributed by atoms with Gasteiger partial charge in [-0.25, -0.2) is 0 Å². The maximum Gasteiger partial charge on any atom is 0.293 e. The van der Waals surface area contributed by atoms with E-state index in [-0.39, 0.29) is 34.9 Å². The first-order chi connectivity index (χ1) is 27.1. The zero-order chi connectivity index (χ0) is 39.6. The van der Waals surface area contributed by atoms with Gasteiger partial charge >= 0.3 is 0 Å². The van der Waals surface area contributed by atoms with Crippen LogP contribution in [0.3, 0.4) is 0 Å². The number of aromatic nitrogens is 2. The number of hydrogen-bond acceptors (Lipinski definition) is 8. The zero-order valence-electron chi connectivity index (χ0n) is 34.3. The Kier molecular flexibility index (Phi) is 12.3. The molecule has 0 aromatic carbocycles. The van der Waals surface area contributed by atoms with Gasteiger partial charge in [-0.15, -0.1) is 0 Å². The van der Waals surface area contributed by atoms with E-state index < -0.39 is 0 Å². The minimum Gasteiger partial charge on any atom is -0.468 e. The second-order valence-corrected chi connectivity index (χ2v) is 19.2. The molecule has 2 aromatic rings. The van der Waals surface area contributed by atoms with Crippen LogP contribution in [0.4, 0.5) is 0 Å². The number of rotatable bonds is 12. The van der Waals surface area contributed by atoms with Crippen molar-refractivity contribution < 1.29 is 29.3 Å². The molecule has 0 saturated heterocycles. The Morgan fingerprint density at radius 1 is 0.679 bits per heavy atom. The standard InChI is InChI=1S/2C24H33NO3/c1-23(11-13-28-16-27)18(15-26)5-6-19-21-8-7-20(17-4-3-12-25-14-17)24(21,2)10-9-22(19)23;1-23(11-13-26)18(15-28-16-27)5-6-19-21-8-7-20(17-4-3-12-25-14-17)24(21,2)10-9-22(19)23/h2*3-4,7,12,14,16,18-19,21-22,26H,5-6,8-11,13,15H2,1-2H3/t2*18-,19-,21-,22-,23-,24+/m00/s1. The van der Waals surface area contributed by atoms with Gasteiger partial charge < -0.3 is 19.7 Å². The molecule has 2 heterocycles. The molecule has 304 valence electrons. The lowest BCUT2D eigenvalue weighted by Gasteiger charge is -2.58. The fourth-order valence-corrected chi connectivity index (χ4v) is 14.2. The van der Waals surface area contributed by atoms with Crippen molar-refractivity contribution in [2.45, 2.75) is 105 Å². The van der Waals surface area contributed by atoms with E-state index in [2.05, 4.69) is 61.9 Å². The van der Waals surface area contributed by atoms with Crippen molar-refractivity contribution in [3.8, 4) is 0 Å². The van der Waals surface area contributed by atoms with Crippen LogP contribution in [-0.2, 0) is 19.1 Å². The number of carbonyl (C=O) groups is 2. The Morgan fingerprint density at radius 2 is 1.20 bits per heavy atom. The molecule has 2 N–H and O–H groups in total. The van der Waals surface area contributed by atoms with Gasteiger partial charge in [-0.05, 0) is 180 Å². The van der Waals surface area contributed by atoms with Crippen molar-refractivity contribution >= 4 is 24.1 Å². The number of allylic oxidation sites excluding steroid dienone is 4. The summed E-state index contributed by atoms with van der Waals surface area (Å²) < 4.78 is 10.3. The fourth-order valence-electron chi connectivity index (χ4n) is 14.2. The molecule has 8 rings (SSSR count). The molecular formula is C48H66N2O6. The molecule has 0 bridgehead atoms. The average Bonchev–Trinajstić information content (AvgIpc) is 3.76. The van der Waals surface area contributed by atoms with Crippen LogP contribution in [0.2, 0.25) is 0 Å². The third-order valence-electron chi connectivity index (χ3n) is 17.3. The summed E-state index contributed by atoms with van der Waals surface area (Å²) in [5.74, 6) is 4.51. The van der Waals surface area contributed by atoms with Crippen LogP contribution in [-0.4, -0.2) is 59.6 Å². The number of carbonyl (C=O) groups excluding carboxylic acids is 2. The molecular weight excluding hydrogens is 701 g/mol. The van der Waals surface area contributed by atoms with E-state index in [1.165, 1.54) is 60.8 Å². The highest BCUT2D eigenvalue weighted by molar-refractivity contribution is 5.73. The molecule has 56 heavy (non-hydrogen) atoms. The molecule has 0 amide bonds. The Labute approximate surface area is 335 Å². The molecule has 4 fully saturated rings. The quantitative estimate of drug-likeness (QED) is 0.162. The SMILES string of the molecule is C[C@]1(CCO)[C@H](COC=O)CC[C@@H]2[C@@H]1CC[C@]1(C)C(c3cccnc3)=CC[C@@H]21.C[C@]1(CCOC=O)[C@H](CO)CC[C@@H]2[C@@H]1CC[C@]1(C)C(c3cccnc3)=CC[C@@H]21. The highest BCUT2D eigenvalue weighted by Crippen LogP contribution is 2.67. The van der Waals surface area contributed by atoms with Crippen molar-refractivity contribution in [1.82, 2.24) is 9.97 Å². The monoisotopic (exact) mass is 766 g/mol. The number of aliphatic hydroxyl groups is 2. The van der Waals surface area contributed by atoms with Crippen LogP contribution in [0.5, 0.6) is 0 Å².